The Balaban J connectivity index is 1.84. The Morgan fingerprint density at radius 2 is 1.92 bits per heavy atom. The standard InChI is InChI=1S/C18H19F2NO3/c19-15-7-5-13(11-16(15)20)6-8-18(23)21-12-14-3-1-2-4-17(14)24-10-9-22/h1-5,7,11,22H,6,8-10,12H2,(H,21,23). The minimum atomic E-state index is -0.914. The molecule has 1 amide bonds. The van der Waals surface area contributed by atoms with E-state index < -0.39 is 11.6 Å². The number of carbonyl (C=O) groups excluding carboxylic acids is 1. The highest BCUT2D eigenvalue weighted by Crippen LogP contribution is 2.17. The maximum absolute atomic E-state index is 13.1. The van der Waals surface area contributed by atoms with Crippen molar-refractivity contribution < 1.29 is 23.4 Å². The van der Waals surface area contributed by atoms with Crippen LogP contribution in [0.4, 0.5) is 8.78 Å². The highest BCUT2D eigenvalue weighted by Gasteiger charge is 2.08. The summed E-state index contributed by atoms with van der Waals surface area (Å²) >= 11 is 0. The van der Waals surface area contributed by atoms with E-state index >= 15 is 0 Å². The van der Waals surface area contributed by atoms with Crippen LogP contribution >= 0.6 is 0 Å². The molecule has 0 atom stereocenters. The fraction of sp³-hybridized carbons (Fsp3) is 0.278. The highest BCUT2D eigenvalue weighted by atomic mass is 19.2. The van der Waals surface area contributed by atoms with E-state index in [2.05, 4.69) is 5.32 Å². The van der Waals surface area contributed by atoms with Crippen LogP contribution in [0.25, 0.3) is 0 Å². The molecule has 0 aliphatic carbocycles. The highest BCUT2D eigenvalue weighted by molar-refractivity contribution is 5.76. The van der Waals surface area contributed by atoms with Gasteiger partial charge in [-0.1, -0.05) is 24.3 Å². The van der Waals surface area contributed by atoms with Gasteiger partial charge in [-0.3, -0.25) is 4.79 Å². The number of para-hydroxylation sites is 1. The third-order valence-corrected chi connectivity index (χ3v) is 3.42. The third-order valence-electron chi connectivity index (χ3n) is 3.42. The number of amides is 1. The zero-order chi connectivity index (χ0) is 17.4. The lowest BCUT2D eigenvalue weighted by Crippen LogP contribution is -2.23. The molecular formula is C18H19F2NO3. The third kappa shape index (κ3) is 5.31. The van der Waals surface area contributed by atoms with Crippen molar-refractivity contribution in [1.82, 2.24) is 5.32 Å². The number of aryl methyl sites for hydroxylation is 1. The molecule has 0 radical (unpaired) electrons. The van der Waals surface area contributed by atoms with Crippen LogP contribution in [0.1, 0.15) is 17.5 Å². The SMILES string of the molecule is O=C(CCc1ccc(F)c(F)c1)NCc1ccccc1OCCO. The van der Waals surface area contributed by atoms with Crippen molar-refractivity contribution in [3.63, 3.8) is 0 Å². The molecule has 0 unspecified atom stereocenters. The average Bonchev–Trinajstić information content (AvgIpc) is 2.59. The molecule has 2 aromatic rings. The molecule has 0 saturated heterocycles. The normalized spacial score (nSPS) is 10.5. The molecule has 0 fully saturated rings. The van der Waals surface area contributed by atoms with Crippen LogP contribution in [0.5, 0.6) is 5.75 Å². The van der Waals surface area contributed by atoms with Crippen molar-refractivity contribution in [1.29, 1.82) is 0 Å². The first-order chi connectivity index (χ1) is 11.6. The summed E-state index contributed by atoms with van der Waals surface area (Å²) in [7, 11) is 0. The summed E-state index contributed by atoms with van der Waals surface area (Å²) in [6.45, 7) is 0.383. The molecular weight excluding hydrogens is 316 g/mol. The van der Waals surface area contributed by atoms with Gasteiger partial charge in [0.25, 0.3) is 0 Å². The molecule has 0 heterocycles. The molecule has 2 N–H and O–H groups in total. The van der Waals surface area contributed by atoms with E-state index in [1.165, 1.54) is 6.07 Å². The fourth-order valence-electron chi connectivity index (χ4n) is 2.18. The maximum atomic E-state index is 13.1. The summed E-state index contributed by atoms with van der Waals surface area (Å²) in [5.74, 6) is -1.41. The second-order valence-corrected chi connectivity index (χ2v) is 5.20. The van der Waals surface area contributed by atoms with E-state index in [0.29, 0.717) is 17.7 Å². The second kappa shape index (κ2) is 8.98. The van der Waals surface area contributed by atoms with Crippen molar-refractivity contribution in [2.75, 3.05) is 13.2 Å². The van der Waals surface area contributed by atoms with Gasteiger partial charge in [0.15, 0.2) is 11.6 Å². The zero-order valence-electron chi connectivity index (χ0n) is 13.1. The van der Waals surface area contributed by atoms with E-state index in [0.717, 1.165) is 17.7 Å². The van der Waals surface area contributed by atoms with Gasteiger partial charge in [-0.05, 0) is 30.2 Å². The summed E-state index contributed by atoms with van der Waals surface area (Å²) in [6.07, 6.45) is 0.496. The van der Waals surface area contributed by atoms with Gasteiger partial charge in [0.1, 0.15) is 12.4 Å². The van der Waals surface area contributed by atoms with Crippen molar-refractivity contribution in [3.8, 4) is 5.75 Å². The molecule has 6 heteroatoms. The van der Waals surface area contributed by atoms with Crippen molar-refractivity contribution in [2.24, 2.45) is 0 Å². The Morgan fingerprint density at radius 1 is 1.12 bits per heavy atom. The Hall–Kier alpha value is -2.47. The van der Waals surface area contributed by atoms with E-state index in [-0.39, 0.29) is 32.1 Å². The van der Waals surface area contributed by atoms with Crippen LogP contribution in [-0.2, 0) is 17.8 Å². The maximum Gasteiger partial charge on any atom is 0.220 e. The molecule has 0 bridgehead atoms. The van der Waals surface area contributed by atoms with Crippen molar-refractivity contribution in [2.45, 2.75) is 19.4 Å². The quantitative estimate of drug-likeness (QED) is 0.780. The molecule has 2 aromatic carbocycles. The molecule has 4 nitrogen and oxygen atoms in total. The number of hydrogen-bond acceptors (Lipinski definition) is 3. The van der Waals surface area contributed by atoms with E-state index in [9.17, 15) is 13.6 Å². The number of rotatable bonds is 8. The molecule has 0 aliphatic rings. The number of carbonyl (C=O) groups is 1. The number of benzene rings is 2. The Morgan fingerprint density at radius 3 is 2.67 bits per heavy atom. The lowest BCUT2D eigenvalue weighted by molar-refractivity contribution is -0.121. The van der Waals surface area contributed by atoms with Crippen LogP contribution in [0, 0.1) is 11.6 Å². The number of halogens is 2. The molecule has 0 aromatic heterocycles. The van der Waals surface area contributed by atoms with Crippen molar-refractivity contribution >= 4 is 5.91 Å². The van der Waals surface area contributed by atoms with Gasteiger partial charge >= 0.3 is 0 Å². The topological polar surface area (TPSA) is 58.6 Å². The van der Waals surface area contributed by atoms with Gasteiger partial charge in [0.05, 0.1) is 6.61 Å². The van der Waals surface area contributed by atoms with Crippen molar-refractivity contribution in [3.05, 3.63) is 65.2 Å². The predicted octanol–water partition coefficient (Wildman–Crippen LogP) is 2.58. The zero-order valence-corrected chi connectivity index (χ0v) is 13.1. The lowest BCUT2D eigenvalue weighted by atomic mass is 10.1. The summed E-state index contributed by atoms with van der Waals surface area (Å²) in [6, 6.07) is 10.8. The number of aliphatic hydroxyl groups is 1. The second-order valence-electron chi connectivity index (χ2n) is 5.20. The van der Waals surface area contributed by atoms with E-state index in [1.54, 1.807) is 12.1 Å². The molecule has 0 saturated carbocycles. The molecule has 0 aliphatic heterocycles. The van der Waals surface area contributed by atoms with Crippen LogP contribution in [-0.4, -0.2) is 24.2 Å². The largest absolute Gasteiger partial charge is 0.491 e. The molecule has 24 heavy (non-hydrogen) atoms. The summed E-state index contributed by atoms with van der Waals surface area (Å²) < 4.78 is 31.4. The summed E-state index contributed by atoms with van der Waals surface area (Å²) in [4.78, 5) is 11.9. The van der Waals surface area contributed by atoms with Crippen LogP contribution in [0.3, 0.4) is 0 Å². The molecule has 0 spiro atoms. The van der Waals surface area contributed by atoms with Gasteiger partial charge in [0, 0.05) is 18.5 Å². The number of ether oxygens (including phenoxy) is 1. The Bertz CT molecular complexity index is 692. The van der Waals surface area contributed by atoms with E-state index in [4.69, 9.17) is 9.84 Å². The van der Waals surface area contributed by atoms with E-state index in [1.807, 2.05) is 12.1 Å². The first-order valence-electron chi connectivity index (χ1n) is 7.62. The smallest absolute Gasteiger partial charge is 0.220 e. The number of nitrogens with one attached hydrogen (secondary N) is 1. The fourth-order valence-corrected chi connectivity index (χ4v) is 2.18. The predicted molar refractivity (Wildman–Crippen MR) is 85.5 cm³/mol. The van der Waals surface area contributed by atoms with Crippen LogP contribution in [0.15, 0.2) is 42.5 Å². The van der Waals surface area contributed by atoms with Gasteiger partial charge in [-0.25, -0.2) is 8.78 Å². The lowest BCUT2D eigenvalue weighted by Gasteiger charge is -2.11. The first-order valence-corrected chi connectivity index (χ1v) is 7.62. The summed E-state index contributed by atoms with van der Waals surface area (Å²) in [5, 5.41) is 11.6. The minimum absolute atomic E-state index is 0.0884. The summed E-state index contributed by atoms with van der Waals surface area (Å²) in [5.41, 5.74) is 1.36. The Kier molecular flexibility index (Phi) is 6.69. The van der Waals surface area contributed by atoms with Gasteiger partial charge < -0.3 is 15.2 Å². The van der Waals surface area contributed by atoms with Crippen LogP contribution < -0.4 is 10.1 Å². The van der Waals surface area contributed by atoms with Crippen LogP contribution in [0.2, 0.25) is 0 Å². The van der Waals surface area contributed by atoms with Gasteiger partial charge in [0.2, 0.25) is 5.91 Å². The van der Waals surface area contributed by atoms with Gasteiger partial charge in [-0.15, -0.1) is 0 Å². The molecule has 2 rings (SSSR count). The number of hydrogen-bond donors (Lipinski definition) is 2. The number of aliphatic hydroxyl groups excluding tert-OH is 1. The minimum Gasteiger partial charge on any atom is -0.491 e. The first kappa shape index (κ1) is 17.9. The molecule has 128 valence electrons. The van der Waals surface area contributed by atoms with Gasteiger partial charge in [-0.2, -0.15) is 0 Å². The Labute approximate surface area is 139 Å². The monoisotopic (exact) mass is 335 g/mol. The average molecular weight is 335 g/mol.